The topological polar surface area (TPSA) is 71.5 Å². The van der Waals surface area contributed by atoms with Gasteiger partial charge in [0.1, 0.15) is 6.61 Å². The van der Waals surface area contributed by atoms with Gasteiger partial charge in [0.25, 0.3) is 0 Å². The molecule has 23 heavy (non-hydrogen) atoms. The molecule has 1 unspecified atom stereocenters. The number of aryl methyl sites for hydroxylation is 2. The molecule has 1 fully saturated rings. The third kappa shape index (κ3) is 4.75. The van der Waals surface area contributed by atoms with Gasteiger partial charge in [-0.2, -0.15) is 0 Å². The molecular formula is C16H25N3O3S. The van der Waals surface area contributed by atoms with Gasteiger partial charge in [0.2, 0.25) is 11.8 Å². The smallest absolute Gasteiger partial charge is 0.248 e. The number of hydrogen-bond donors (Lipinski definition) is 1. The third-order valence-corrected chi connectivity index (χ3v) is 5.07. The lowest BCUT2D eigenvalue weighted by molar-refractivity contribution is -0.139. The molecule has 1 saturated heterocycles. The van der Waals surface area contributed by atoms with E-state index in [2.05, 4.69) is 17.2 Å². The summed E-state index contributed by atoms with van der Waals surface area (Å²) in [5.74, 6) is -0.159. The first-order valence-corrected chi connectivity index (χ1v) is 8.86. The summed E-state index contributed by atoms with van der Waals surface area (Å²) in [6.45, 7) is 5.84. The zero-order chi connectivity index (χ0) is 16.8. The van der Waals surface area contributed by atoms with E-state index in [1.807, 2.05) is 6.92 Å². The number of carbonyl (C=O) groups is 2. The zero-order valence-corrected chi connectivity index (χ0v) is 14.9. The van der Waals surface area contributed by atoms with Crippen LogP contribution in [0.3, 0.4) is 0 Å². The largest absolute Gasteiger partial charge is 0.375 e. The molecule has 0 spiro atoms. The maximum atomic E-state index is 12.4. The normalized spacial score (nSPS) is 18.0. The summed E-state index contributed by atoms with van der Waals surface area (Å²) < 4.78 is 4.89. The average Bonchev–Trinajstić information content (AvgIpc) is 2.93. The number of thiazole rings is 1. The maximum Gasteiger partial charge on any atom is 0.248 e. The van der Waals surface area contributed by atoms with Crippen molar-refractivity contribution in [1.29, 1.82) is 0 Å². The highest BCUT2D eigenvalue weighted by Gasteiger charge is 2.28. The van der Waals surface area contributed by atoms with Crippen molar-refractivity contribution in [3.8, 4) is 0 Å². The highest BCUT2D eigenvalue weighted by molar-refractivity contribution is 7.11. The Morgan fingerprint density at radius 3 is 2.96 bits per heavy atom. The Balaban J connectivity index is 1.88. The van der Waals surface area contributed by atoms with E-state index >= 15 is 0 Å². The lowest BCUT2D eigenvalue weighted by Gasteiger charge is -2.31. The van der Waals surface area contributed by atoms with Gasteiger partial charge in [-0.3, -0.25) is 9.59 Å². The first-order chi connectivity index (χ1) is 11.0. The molecule has 2 heterocycles. The van der Waals surface area contributed by atoms with Crippen LogP contribution in [0.4, 0.5) is 0 Å². The van der Waals surface area contributed by atoms with Gasteiger partial charge < -0.3 is 15.0 Å². The molecular weight excluding hydrogens is 314 g/mol. The van der Waals surface area contributed by atoms with Gasteiger partial charge in [0, 0.05) is 25.1 Å². The first-order valence-electron chi connectivity index (χ1n) is 8.04. The Bertz CT molecular complexity index is 559. The summed E-state index contributed by atoms with van der Waals surface area (Å²) in [7, 11) is 1.51. The molecule has 7 heteroatoms. The van der Waals surface area contributed by atoms with Crippen LogP contribution < -0.4 is 5.32 Å². The van der Waals surface area contributed by atoms with Crippen LogP contribution in [-0.2, 0) is 27.3 Å². The Labute approximate surface area is 141 Å². The van der Waals surface area contributed by atoms with E-state index < -0.39 is 0 Å². The summed E-state index contributed by atoms with van der Waals surface area (Å²) >= 11 is 1.63. The lowest BCUT2D eigenvalue weighted by Crippen LogP contribution is -2.46. The van der Waals surface area contributed by atoms with Gasteiger partial charge in [-0.25, -0.2) is 4.98 Å². The molecule has 0 aromatic carbocycles. The molecule has 1 N–H and O–H groups in total. The van der Waals surface area contributed by atoms with E-state index in [1.54, 1.807) is 16.2 Å². The number of rotatable bonds is 6. The van der Waals surface area contributed by atoms with E-state index in [0.29, 0.717) is 19.6 Å². The minimum Gasteiger partial charge on any atom is -0.375 e. The highest BCUT2D eigenvalue weighted by atomic mass is 32.1. The summed E-state index contributed by atoms with van der Waals surface area (Å²) in [6.07, 6.45) is 2.55. The van der Waals surface area contributed by atoms with E-state index in [-0.39, 0.29) is 24.3 Å². The van der Waals surface area contributed by atoms with E-state index in [0.717, 1.165) is 34.8 Å². The van der Waals surface area contributed by atoms with E-state index in [9.17, 15) is 9.59 Å². The van der Waals surface area contributed by atoms with Crippen LogP contribution in [0, 0.1) is 12.8 Å². The molecule has 0 saturated carbocycles. The Hall–Kier alpha value is -1.47. The monoisotopic (exact) mass is 339 g/mol. The van der Waals surface area contributed by atoms with Crippen molar-refractivity contribution in [3.05, 3.63) is 15.6 Å². The second kappa shape index (κ2) is 8.40. The second-order valence-corrected chi connectivity index (χ2v) is 7.07. The number of nitrogens with one attached hydrogen (secondary N) is 1. The molecule has 1 atom stereocenters. The van der Waals surface area contributed by atoms with Crippen molar-refractivity contribution in [1.82, 2.24) is 15.2 Å². The highest BCUT2D eigenvalue weighted by Crippen LogP contribution is 2.20. The van der Waals surface area contributed by atoms with Crippen LogP contribution in [0.25, 0.3) is 0 Å². The lowest BCUT2D eigenvalue weighted by atomic mass is 9.97. The number of aromatic nitrogens is 1. The van der Waals surface area contributed by atoms with Gasteiger partial charge in [0.15, 0.2) is 0 Å². The van der Waals surface area contributed by atoms with Crippen LogP contribution >= 0.6 is 11.3 Å². The van der Waals surface area contributed by atoms with E-state index in [1.165, 1.54) is 7.11 Å². The van der Waals surface area contributed by atoms with Crippen LogP contribution in [0.5, 0.6) is 0 Å². The van der Waals surface area contributed by atoms with Crippen LogP contribution in [-0.4, -0.2) is 48.5 Å². The SMILES string of the molecule is CCc1nc(C)sc1CNC(=O)C1CCCN(C(=O)COC)C1. The Morgan fingerprint density at radius 1 is 1.48 bits per heavy atom. The quantitative estimate of drug-likeness (QED) is 0.853. The molecule has 6 nitrogen and oxygen atoms in total. The van der Waals surface area contributed by atoms with Crippen molar-refractivity contribution < 1.29 is 14.3 Å². The van der Waals surface area contributed by atoms with Gasteiger partial charge in [-0.1, -0.05) is 6.92 Å². The standard InChI is InChI=1S/C16H25N3O3S/c1-4-13-14(23-11(2)18-13)8-17-16(21)12-6-5-7-19(9-12)15(20)10-22-3/h12H,4-10H2,1-3H3,(H,17,21). The third-order valence-electron chi connectivity index (χ3n) is 4.06. The predicted molar refractivity (Wildman–Crippen MR) is 89.3 cm³/mol. The number of nitrogens with zero attached hydrogens (tertiary/aromatic N) is 2. The van der Waals surface area contributed by atoms with Crippen LogP contribution in [0.15, 0.2) is 0 Å². The molecule has 0 aliphatic carbocycles. The number of piperidine rings is 1. The average molecular weight is 339 g/mol. The molecule has 128 valence electrons. The molecule has 0 radical (unpaired) electrons. The first kappa shape index (κ1) is 17.9. The predicted octanol–water partition coefficient (Wildman–Crippen LogP) is 1.52. The fourth-order valence-electron chi connectivity index (χ4n) is 2.87. The van der Waals surface area contributed by atoms with Gasteiger partial charge in [0.05, 0.1) is 23.2 Å². The molecule has 1 aromatic rings. The van der Waals surface area contributed by atoms with Crippen LogP contribution in [0.1, 0.15) is 35.3 Å². The fraction of sp³-hybridized carbons (Fsp3) is 0.688. The number of hydrogen-bond acceptors (Lipinski definition) is 5. The van der Waals surface area contributed by atoms with Crippen molar-refractivity contribution >= 4 is 23.2 Å². The van der Waals surface area contributed by atoms with E-state index in [4.69, 9.17) is 4.74 Å². The molecule has 2 rings (SSSR count). The molecule has 0 bridgehead atoms. The van der Waals surface area contributed by atoms with Gasteiger partial charge in [-0.15, -0.1) is 11.3 Å². The van der Waals surface area contributed by atoms with Crippen LogP contribution in [0.2, 0.25) is 0 Å². The number of amides is 2. The van der Waals surface area contributed by atoms with Gasteiger partial charge in [-0.05, 0) is 26.2 Å². The summed E-state index contributed by atoms with van der Waals surface area (Å²) in [6, 6.07) is 0. The number of carbonyl (C=O) groups excluding carboxylic acids is 2. The van der Waals surface area contributed by atoms with Crippen molar-refractivity contribution in [2.45, 2.75) is 39.7 Å². The zero-order valence-electron chi connectivity index (χ0n) is 14.1. The summed E-state index contributed by atoms with van der Waals surface area (Å²) in [5, 5.41) is 4.04. The Kier molecular flexibility index (Phi) is 6.53. The molecule has 2 amide bonds. The number of ether oxygens (including phenoxy) is 1. The van der Waals surface area contributed by atoms with Gasteiger partial charge >= 0.3 is 0 Å². The number of likely N-dealkylation sites (tertiary alicyclic amines) is 1. The minimum absolute atomic E-state index is 0.0213. The molecule has 1 aliphatic heterocycles. The van der Waals surface area contributed by atoms with Crippen molar-refractivity contribution in [2.24, 2.45) is 5.92 Å². The molecule has 1 aliphatic rings. The second-order valence-electron chi connectivity index (χ2n) is 5.79. The van der Waals surface area contributed by atoms with Crippen molar-refractivity contribution in [3.63, 3.8) is 0 Å². The minimum atomic E-state index is -0.136. The number of methoxy groups -OCH3 is 1. The maximum absolute atomic E-state index is 12.4. The summed E-state index contributed by atoms with van der Waals surface area (Å²) in [5.41, 5.74) is 1.06. The van der Waals surface area contributed by atoms with Crippen molar-refractivity contribution in [2.75, 3.05) is 26.8 Å². The summed E-state index contributed by atoms with van der Waals surface area (Å²) in [4.78, 5) is 31.6. The molecule has 1 aromatic heterocycles. The Morgan fingerprint density at radius 2 is 2.26 bits per heavy atom. The fourth-order valence-corrected chi connectivity index (χ4v) is 3.84.